The number of rotatable bonds is 5. The maximum Gasteiger partial charge on any atom is 0.492 e. The summed E-state index contributed by atoms with van der Waals surface area (Å²) in [7, 11) is 5.39. The third-order valence-electron chi connectivity index (χ3n) is 3.52. The molecule has 0 bridgehead atoms. The first-order valence-electron chi connectivity index (χ1n) is 6.87. The van der Waals surface area contributed by atoms with Crippen LogP contribution in [0.4, 0.5) is 5.69 Å². The summed E-state index contributed by atoms with van der Waals surface area (Å²) >= 11 is 0. The van der Waals surface area contributed by atoms with Crippen LogP contribution < -0.4 is 19.8 Å². The molecule has 0 unspecified atom stereocenters. The van der Waals surface area contributed by atoms with Crippen LogP contribution in [0.3, 0.4) is 0 Å². The number of ether oxygens (including phenoxy) is 2. The van der Waals surface area contributed by atoms with Crippen molar-refractivity contribution in [1.82, 2.24) is 0 Å². The van der Waals surface area contributed by atoms with Crippen LogP contribution in [0, 0.1) is 0 Å². The highest BCUT2D eigenvalue weighted by Crippen LogP contribution is 2.33. The van der Waals surface area contributed by atoms with Gasteiger partial charge in [0.05, 0.1) is 14.2 Å². The summed E-state index contributed by atoms with van der Waals surface area (Å²) in [5, 5.41) is 18.9. The molecule has 0 atom stereocenters. The molecule has 0 saturated heterocycles. The number of anilines is 1. The van der Waals surface area contributed by atoms with Gasteiger partial charge in [-0.15, -0.1) is 0 Å². The molecule has 0 aliphatic heterocycles. The molecule has 0 spiro atoms. The molecular formula is C16H20BNO4. The highest BCUT2D eigenvalue weighted by Gasteiger charge is 2.21. The molecule has 0 heterocycles. The molecular weight excluding hydrogens is 281 g/mol. The van der Waals surface area contributed by atoms with Gasteiger partial charge in [0.1, 0.15) is 11.5 Å². The van der Waals surface area contributed by atoms with E-state index in [2.05, 4.69) is 0 Å². The molecule has 0 aliphatic carbocycles. The summed E-state index contributed by atoms with van der Waals surface area (Å²) in [5.41, 5.74) is 3.15. The third kappa shape index (κ3) is 3.18. The normalized spacial score (nSPS) is 10.3. The molecule has 2 aromatic carbocycles. The van der Waals surface area contributed by atoms with Gasteiger partial charge in [-0.2, -0.15) is 0 Å². The highest BCUT2D eigenvalue weighted by atomic mass is 16.5. The van der Waals surface area contributed by atoms with Crippen LogP contribution in [0.5, 0.6) is 11.5 Å². The Kier molecular flexibility index (Phi) is 4.95. The van der Waals surface area contributed by atoms with Gasteiger partial charge in [-0.1, -0.05) is 12.1 Å². The molecule has 5 nitrogen and oxygen atoms in total. The van der Waals surface area contributed by atoms with Crippen LogP contribution in [0.15, 0.2) is 36.4 Å². The van der Waals surface area contributed by atoms with E-state index in [1.54, 1.807) is 19.2 Å². The van der Waals surface area contributed by atoms with Gasteiger partial charge in [0.15, 0.2) is 0 Å². The van der Waals surface area contributed by atoms with Crippen LogP contribution in [0.25, 0.3) is 11.1 Å². The predicted octanol–water partition coefficient (Wildman–Crippen LogP) is 1.12. The summed E-state index contributed by atoms with van der Waals surface area (Å²) in [5.74, 6) is 0.962. The number of hydrogen-bond acceptors (Lipinski definition) is 5. The number of benzene rings is 2. The van der Waals surface area contributed by atoms with E-state index in [0.29, 0.717) is 11.5 Å². The zero-order valence-corrected chi connectivity index (χ0v) is 13.2. The largest absolute Gasteiger partial charge is 0.497 e. The maximum absolute atomic E-state index is 9.43. The van der Waals surface area contributed by atoms with Crippen LogP contribution in [-0.4, -0.2) is 45.5 Å². The molecule has 0 saturated carbocycles. The van der Waals surface area contributed by atoms with E-state index in [9.17, 15) is 10.0 Å². The van der Waals surface area contributed by atoms with Gasteiger partial charge in [-0.3, -0.25) is 0 Å². The van der Waals surface area contributed by atoms with E-state index < -0.39 is 7.12 Å². The van der Waals surface area contributed by atoms with Crippen LogP contribution in [-0.2, 0) is 0 Å². The molecule has 0 aromatic heterocycles. The Labute approximate surface area is 130 Å². The topological polar surface area (TPSA) is 62.2 Å². The van der Waals surface area contributed by atoms with Gasteiger partial charge in [-0.25, -0.2) is 0 Å². The van der Waals surface area contributed by atoms with Crippen molar-refractivity contribution in [2.45, 2.75) is 0 Å². The molecule has 6 heteroatoms. The van der Waals surface area contributed by atoms with Gasteiger partial charge in [0.25, 0.3) is 0 Å². The minimum absolute atomic E-state index is 0.271. The van der Waals surface area contributed by atoms with Gasteiger partial charge in [0.2, 0.25) is 0 Å². The second kappa shape index (κ2) is 6.72. The summed E-state index contributed by atoms with van der Waals surface area (Å²) in [6, 6.07) is 11.3. The molecule has 116 valence electrons. The monoisotopic (exact) mass is 301 g/mol. The first-order chi connectivity index (χ1) is 10.5. The molecule has 2 rings (SSSR count). The smallest absolute Gasteiger partial charge is 0.492 e. The summed E-state index contributed by atoms with van der Waals surface area (Å²) in [4.78, 5) is 2.02. The van der Waals surface area contributed by atoms with Crippen molar-refractivity contribution in [1.29, 1.82) is 0 Å². The van der Waals surface area contributed by atoms with Crippen LogP contribution in [0.2, 0.25) is 0 Å². The zero-order valence-electron chi connectivity index (χ0n) is 13.2. The van der Waals surface area contributed by atoms with Gasteiger partial charge >= 0.3 is 7.12 Å². The Balaban J connectivity index is 2.53. The molecule has 0 amide bonds. The van der Waals surface area contributed by atoms with Gasteiger partial charge in [0, 0.05) is 30.8 Å². The van der Waals surface area contributed by atoms with E-state index in [-0.39, 0.29) is 5.46 Å². The number of nitrogens with zero attached hydrogens (tertiary/aromatic N) is 1. The van der Waals surface area contributed by atoms with Crippen molar-refractivity contribution in [2.24, 2.45) is 0 Å². The Morgan fingerprint density at radius 1 is 0.909 bits per heavy atom. The van der Waals surface area contributed by atoms with E-state index in [1.165, 1.54) is 7.11 Å². The molecule has 0 fully saturated rings. The average molecular weight is 301 g/mol. The molecule has 2 aromatic rings. The SMILES string of the molecule is COc1cc(-c2ccc(N(C)C)cc2)c(OC)cc1B(O)O. The lowest BCUT2D eigenvalue weighted by Gasteiger charge is -2.16. The summed E-state index contributed by atoms with van der Waals surface area (Å²) < 4.78 is 10.6. The fraction of sp³-hybridized carbons (Fsp3) is 0.250. The second-order valence-corrected chi connectivity index (χ2v) is 5.11. The van der Waals surface area contributed by atoms with Crippen molar-refractivity contribution >= 4 is 18.3 Å². The second-order valence-electron chi connectivity index (χ2n) is 5.11. The third-order valence-corrected chi connectivity index (χ3v) is 3.52. The van der Waals surface area contributed by atoms with E-state index in [1.807, 2.05) is 43.3 Å². The van der Waals surface area contributed by atoms with Crippen LogP contribution >= 0.6 is 0 Å². The molecule has 0 aliphatic rings. The minimum Gasteiger partial charge on any atom is -0.497 e. The Hall–Kier alpha value is -2.18. The standard InChI is InChI=1S/C16H20BNO4/c1-18(2)12-7-5-11(6-8-12)13-9-16(22-4)14(17(19)20)10-15(13)21-3/h5-10,19-20H,1-4H3. The van der Waals surface area contributed by atoms with Crippen molar-refractivity contribution in [2.75, 3.05) is 33.2 Å². The summed E-state index contributed by atoms with van der Waals surface area (Å²) in [6.45, 7) is 0. The fourth-order valence-electron chi connectivity index (χ4n) is 2.29. The lowest BCUT2D eigenvalue weighted by Crippen LogP contribution is -2.31. The number of hydrogen-bond donors (Lipinski definition) is 2. The summed E-state index contributed by atoms with van der Waals surface area (Å²) in [6.07, 6.45) is 0. The molecule has 2 N–H and O–H groups in total. The van der Waals surface area contributed by atoms with Crippen molar-refractivity contribution < 1.29 is 19.5 Å². The van der Waals surface area contributed by atoms with Crippen molar-refractivity contribution in [3.8, 4) is 22.6 Å². The van der Waals surface area contributed by atoms with E-state index in [0.717, 1.165) is 16.8 Å². The first-order valence-corrected chi connectivity index (χ1v) is 6.87. The van der Waals surface area contributed by atoms with Crippen LogP contribution in [0.1, 0.15) is 0 Å². The Bertz CT molecular complexity index is 641. The maximum atomic E-state index is 9.43. The van der Waals surface area contributed by atoms with E-state index in [4.69, 9.17) is 9.47 Å². The number of methoxy groups -OCH3 is 2. The predicted molar refractivity (Wildman–Crippen MR) is 89.1 cm³/mol. The van der Waals surface area contributed by atoms with Gasteiger partial charge < -0.3 is 24.4 Å². The van der Waals surface area contributed by atoms with E-state index >= 15 is 0 Å². The lowest BCUT2D eigenvalue weighted by molar-refractivity contribution is 0.396. The first kappa shape index (κ1) is 16.2. The fourth-order valence-corrected chi connectivity index (χ4v) is 2.29. The molecule has 0 radical (unpaired) electrons. The lowest BCUT2D eigenvalue weighted by atomic mass is 9.78. The average Bonchev–Trinajstić information content (AvgIpc) is 2.53. The minimum atomic E-state index is -1.62. The van der Waals surface area contributed by atoms with Gasteiger partial charge in [-0.05, 0) is 29.8 Å². The zero-order chi connectivity index (χ0) is 16.3. The Morgan fingerprint density at radius 2 is 1.50 bits per heavy atom. The van der Waals surface area contributed by atoms with Crippen molar-refractivity contribution in [3.05, 3.63) is 36.4 Å². The van der Waals surface area contributed by atoms with Crippen molar-refractivity contribution in [3.63, 3.8) is 0 Å². The Morgan fingerprint density at radius 3 is 1.95 bits per heavy atom. The highest BCUT2D eigenvalue weighted by molar-refractivity contribution is 6.59. The quantitative estimate of drug-likeness (QED) is 0.810. The molecule has 22 heavy (non-hydrogen) atoms.